The van der Waals surface area contributed by atoms with E-state index in [9.17, 15) is 9.59 Å². The lowest BCUT2D eigenvalue weighted by atomic mass is 10.0. The molecule has 0 radical (unpaired) electrons. The molecule has 8 heteroatoms. The summed E-state index contributed by atoms with van der Waals surface area (Å²) in [6, 6.07) is 0. The van der Waals surface area contributed by atoms with Gasteiger partial charge in [0.15, 0.2) is 5.75 Å². The predicted octanol–water partition coefficient (Wildman–Crippen LogP) is 1.27. The van der Waals surface area contributed by atoms with Crippen LogP contribution in [0.3, 0.4) is 0 Å². The Morgan fingerprint density at radius 2 is 2.30 bits per heavy atom. The van der Waals surface area contributed by atoms with E-state index in [4.69, 9.17) is 10.6 Å². The number of piperidine rings is 1. The van der Waals surface area contributed by atoms with Gasteiger partial charge in [0.25, 0.3) is 11.7 Å². The van der Waals surface area contributed by atoms with Crippen molar-refractivity contribution in [2.24, 2.45) is 0 Å². The number of anilines is 1. The third kappa shape index (κ3) is 1.71. The number of rotatable bonds is 2. The number of imide groups is 1. The molecule has 1 saturated heterocycles. The van der Waals surface area contributed by atoms with Crippen LogP contribution in [-0.2, 0) is 16.1 Å². The average Bonchev–Trinajstić information content (AvgIpc) is 2.98. The molecule has 0 aliphatic carbocycles. The van der Waals surface area contributed by atoms with Gasteiger partial charge in [-0.15, -0.1) is 11.3 Å². The highest BCUT2D eigenvalue weighted by Crippen LogP contribution is 2.43. The van der Waals surface area contributed by atoms with Crippen molar-refractivity contribution in [3.8, 4) is 5.75 Å². The second kappa shape index (κ2) is 4.42. The van der Waals surface area contributed by atoms with Gasteiger partial charge in [-0.25, -0.2) is 4.39 Å². The van der Waals surface area contributed by atoms with E-state index >= 15 is 4.39 Å². The second-order valence-electron chi connectivity index (χ2n) is 4.77. The topological polar surface area (TPSA) is 75.9 Å². The fourth-order valence-electron chi connectivity index (χ4n) is 2.49. The molecule has 6 nitrogen and oxygen atoms in total. The highest BCUT2D eigenvalue weighted by molar-refractivity contribution is 7.14. The van der Waals surface area contributed by atoms with Gasteiger partial charge in [-0.3, -0.25) is 14.5 Å². The Balaban J connectivity index is 1.87. The van der Waals surface area contributed by atoms with Crippen molar-refractivity contribution in [1.82, 2.24) is 9.96 Å². The number of halogens is 1. The number of amides is 2. The molecule has 2 amide bonds. The summed E-state index contributed by atoms with van der Waals surface area (Å²) in [7, 11) is 0. The third-order valence-corrected chi connectivity index (χ3v) is 4.49. The number of carbonyl (C=O) groups is 2. The lowest BCUT2D eigenvalue weighted by Gasteiger charge is -2.38. The molecule has 108 valence electrons. The van der Waals surface area contributed by atoms with Gasteiger partial charge < -0.3 is 10.6 Å². The molecular formula is C12H14FN3O3S. The van der Waals surface area contributed by atoms with Gasteiger partial charge in [0.2, 0.25) is 5.91 Å². The largest absolute Gasteiger partial charge is 0.401 e. The number of likely N-dealkylation sites (N-methyl/N-ethyl adjacent to an activating group) is 1. The summed E-state index contributed by atoms with van der Waals surface area (Å²) in [6.45, 7) is 1.90. The first-order chi connectivity index (χ1) is 9.47. The average molecular weight is 299 g/mol. The van der Waals surface area contributed by atoms with Crippen LogP contribution in [-0.4, -0.2) is 34.1 Å². The van der Waals surface area contributed by atoms with E-state index in [1.807, 2.05) is 0 Å². The van der Waals surface area contributed by atoms with Crippen LogP contribution in [0.1, 0.15) is 25.3 Å². The normalized spacial score (nSPS) is 26.8. The zero-order chi connectivity index (χ0) is 14.5. The number of nitrogens with two attached hydrogens (primary N) is 1. The summed E-state index contributed by atoms with van der Waals surface area (Å²) in [5, 5.41) is 3.24. The monoisotopic (exact) mass is 299 g/mol. The van der Waals surface area contributed by atoms with E-state index in [1.165, 1.54) is 11.3 Å². The third-order valence-electron chi connectivity index (χ3n) is 3.65. The molecule has 2 aliphatic rings. The summed E-state index contributed by atoms with van der Waals surface area (Å²) in [5.74, 6) is -3.04. The SMILES string of the molecule is CCN1C(=O)CCC(F)(N2Cc3c(csc3N)O2)C1=O. The van der Waals surface area contributed by atoms with Crippen LogP contribution in [0, 0.1) is 0 Å². The molecule has 2 aliphatic heterocycles. The smallest absolute Gasteiger partial charge is 0.285 e. The number of likely N-dealkylation sites (tertiary alicyclic amines) is 1. The van der Waals surface area contributed by atoms with Crippen molar-refractivity contribution in [3.05, 3.63) is 10.9 Å². The van der Waals surface area contributed by atoms with Crippen molar-refractivity contribution in [3.63, 3.8) is 0 Å². The van der Waals surface area contributed by atoms with Crippen molar-refractivity contribution < 1.29 is 18.8 Å². The van der Waals surface area contributed by atoms with E-state index in [-0.39, 0.29) is 31.8 Å². The highest BCUT2D eigenvalue weighted by atomic mass is 32.1. The molecule has 3 rings (SSSR count). The molecule has 1 aromatic rings. The van der Waals surface area contributed by atoms with Crippen LogP contribution in [0.2, 0.25) is 0 Å². The number of nitrogen functional groups attached to an aromatic ring is 1. The van der Waals surface area contributed by atoms with Gasteiger partial charge in [-0.2, -0.15) is 0 Å². The van der Waals surface area contributed by atoms with Crippen LogP contribution in [0.4, 0.5) is 9.39 Å². The van der Waals surface area contributed by atoms with Crippen LogP contribution in [0.15, 0.2) is 5.38 Å². The van der Waals surface area contributed by atoms with Crippen molar-refractivity contribution in [2.75, 3.05) is 12.3 Å². The number of hydrogen-bond donors (Lipinski definition) is 1. The predicted molar refractivity (Wildman–Crippen MR) is 70.4 cm³/mol. The first-order valence-corrected chi connectivity index (χ1v) is 7.20. The molecule has 1 fully saturated rings. The summed E-state index contributed by atoms with van der Waals surface area (Å²) >= 11 is 1.31. The maximum absolute atomic E-state index is 15.1. The Morgan fingerprint density at radius 3 is 2.95 bits per heavy atom. The molecule has 1 atom stereocenters. The Bertz CT molecular complexity index is 591. The Labute approximate surface area is 118 Å². The van der Waals surface area contributed by atoms with Gasteiger partial charge in [-0.1, -0.05) is 5.06 Å². The fraction of sp³-hybridized carbons (Fsp3) is 0.500. The molecular weight excluding hydrogens is 285 g/mol. The lowest BCUT2D eigenvalue weighted by molar-refractivity contribution is -0.218. The van der Waals surface area contributed by atoms with Crippen molar-refractivity contribution in [2.45, 2.75) is 32.1 Å². The summed E-state index contributed by atoms with van der Waals surface area (Å²) in [4.78, 5) is 30.2. The number of alkyl halides is 1. The standard InChI is InChI=1S/C12H14FN3O3S/c1-2-15-9(17)3-4-12(13,11(15)18)16-5-7-8(19-16)6-20-10(7)14/h6H,2-5,14H2,1H3. The molecule has 20 heavy (non-hydrogen) atoms. The molecule has 0 saturated carbocycles. The van der Waals surface area contributed by atoms with Crippen LogP contribution in [0.25, 0.3) is 0 Å². The number of nitrogens with zero attached hydrogens (tertiary/aromatic N) is 2. The zero-order valence-corrected chi connectivity index (χ0v) is 11.7. The minimum absolute atomic E-state index is 0.0156. The Morgan fingerprint density at radius 1 is 1.55 bits per heavy atom. The number of carbonyl (C=O) groups excluding carboxylic acids is 2. The summed E-state index contributed by atoms with van der Waals surface area (Å²) in [6.07, 6.45) is -0.215. The quantitative estimate of drug-likeness (QED) is 0.657. The van der Waals surface area contributed by atoms with E-state index < -0.39 is 11.7 Å². The molecule has 1 unspecified atom stereocenters. The lowest BCUT2D eigenvalue weighted by Crippen LogP contribution is -2.61. The summed E-state index contributed by atoms with van der Waals surface area (Å²) < 4.78 is 15.1. The van der Waals surface area contributed by atoms with Crippen LogP contribution < -0.4 is 10.6 Å². The fourth-order valence-corrected chi connectivity index (χ4v) is 3.22. The van der Waals surface area contributed by atoms with E-state index in [1.54, 1.807) is 12.3 Å². The second-order valence-corrected chi connectivity index (χ2v) is 5.68. The Kier molecular flexibility index (Phi) is 2.94. The minimum atomic E-state index is -2.31. The van der Waals surface area contributed by atoms with Gasteiger partial charge in [0, 0.05) is 30.3 Å². The van der Waals surface area contributed by atoms with E-state index in [0.717, 1.165) is 9.96 Å². The number of thiophene rings is 1. The van der Waals surface area contributed by atoms with Crippen LogP contribution in [0.5, 0.6) is 5.75 Å². The maximum Gasteiger partial charge on any atom is 0.285 e. The molecule has 0 aromatic carbocycles. The number of hydroxylamine groups is 2. The number of hydrogen-bond acceptors (Lipinski definition) is 6. The highest BCUT2D eigenvalue weighted by Gasteiger charge is 2.55. The Hall–Kier alpha value is -1.67. The van der Waals surface area contributed by atoms with Crippen LogP contribution >= 0.6 is 11.3 Å². The van der Waals surface area contributed by atoms with Crippen molar-refractivity contribution >= 4 is 28.2 Å². The zero-order valence-electron chi connectivity index (χ0n) is 10.9. The molecule has 2 N–H and O–H groups in total. The van der Waals surface area contributed by atoms with Crippen molar-refractivity contribution in [1.29, 1.82) is 0 Å². The first kappa shape index (κ1) is 13.3. The van der Waals surface area contributed by atoms with E-state index in [0.29, 0.717) is 16.3 Å². The van der Waals surface area contributed by atoms with Gasteiger partial charge >= 0.3 is 0 Å². The molecule has 0 spiro atoms. The van der Waals surface area contributed by atoms with Gasteiger partial charge in [0.05, 0.1) is 11.5 Å². The maximum atomic E-state index is 15.1. The minimum Gasteiger partial charge on any atom is -0.401 e. The van der Waals surface area contributed by atoms with Gasteiger partial charge in [0.1, 0.15) is 0 Å². The number of fused-ring (bicyclic) bond motifs is 1. The van der Waals surface area contributed by atoms with Gasteiger partial charge in [-0.05, 0) is 6.92 Å². The molecule has 3 heterocycles. The summed E-state index contributed by atoms with van der Waals surface area (Å²) in [5.41, 5.74) is 6.47. The molecule has 1 aromatic heterocycles. The first-order valence-electron chi connectivity index (χ1n) is 6.32. The van der Waals surface area contributed by atoms with E-state index in [2.05, 4.69) is 0 Å². The molecule has 0 bridgehead atoms.